The van der Waals surface area contributed by atoms with Crippen molar-refractivity contribution in [1.82, 2.24) is 5.32 Å². The van der Waals surface area contributed by atoms with E-state index in [0.717, 1.165) is 5.75 Å². The van der Waals surface area contributed by atoms with E-state index >= 15 is 0 Å². The van der Waals surface area contributed by atoms with E-state index < -0.39 is 0 Å². The van der Waals surface area contributed by atoms with Crippen LogP contribution in [-0.4, -0.2) is 34.3 Å². The Labute approximate surface area is 106 Å². The van der Waals surface area contributed by atoms with Crippen molar-refractivity contribution in [2.45, 2.75) is 65.4 Å². The van der Waals surface area contributed by atoms with Gasteiger partial charge in [-0.25, -0.2) is 0 Å². The highest BCUT2D eigenvalue weighted by molar-refractivity contribution is 8.00. The predicted molar refractivity (Wildman–Crippen MR) is 75.1 cm³/mol. The molecule has 2 N–H and O–H groups in total. The summed E-state index contributed by atoms with van der Waals surface area (Å²) in [5, 5.41) is 13.3. The Hall–Kier alpha value is 0.270. The van der Waals surface area contributed by atoms with Gasteiger partial charge in [-0.1, -0.05) is 41.5 Å². The van der Waals surface area contributed by atoms with Crippen LogP contribution in [0.4, 0.5) is 0 Å². The monoisotopic (exact) mass is 247 g/mol. The first kappa shape index (κ1) is 16.3. The van der Waals surface area contributed by atoms with Gasteiger partial charge in [0.25, 0.3) is 0 Å². The minimum absolute atomic E-state index is 0.0378. The number of hydrogen-bond acceptors (Lipinski definition) is 3. The van der Waals surface area contributed by atoms with Crippen molar-refractivity contribution in [1.29, 1.82) is 0 Å². The SMILES string of the molecule is CC(CSC(C)(C)C)NCC(O)C(C)(C)C. The lowest BCUT2D eigenvalue weighted by atomic mass is 9.89. The topological polar surface area (TPSA) is 32.3 Å². The van der Waals surface area contributed by atoms with Crippen LogP contribution in [0.5, 0.6) is 0 Å². The lowest BCUT2D eigenvalue weighted by Crippen LogP contribution is -2.41. The zero-order chi connectivity index (χ0) is 13.0. The molecule has 0 amide bonds. The number of thioether (sulfide) groups is 1. The van der Waals surface area contributed by atoms with Crippen LogP contribution in [0.1, 0.15) is 48.5 Å². The van der Waals surface area contributed by atoms with Gasteiger partial charge in [0, 0.05) is 23.1 Å². The molecule has 2 nitrogen and oxygen atoms in total. The first-order valence-electron chi connectivity index (χ1n) is 6.08. The fourth-order valence-corrected chi connectivity index (χ4v) is 1.92. The molecule has 2 atom stereocenters. The van der Waals surface area contributed by atoms with E-state index in [0.29, 0.717) is 17.3 Å². The number of aliphatic hydroxyl groups is 1. The molecule has 16 heavy (non-hydrogen) atoms. The number of hydrogen-bond donors (Lipinski definition) is 2. The Morgan fingerprint density at radius 2 is 1.62 bits per heavy atom. The largest absolute Gasteiger partial charge is 0.391 e. The summed E-state index contributed by atoms with van der Waals surface area (Å²) in [5.74, 6) is 1.08. The molecule has 0 radical (unpaired) electrons. The summed E-state index contributed by atoms with van der Waals surface area (Å²) in [7, 11) is 0. The molecule has 0 saturated heterocycles. The maximum atomic E-state index is 9.89. The first-order valence-corrected chi connectivity index (χ1v) is 7.06. The van der Waals surface area contributed by atoms with Gasteiger partial charge in [-0.2, -0.15) is 11.8 Å². The second-order valence-corrected chi connectivity index (χ2v) is 8.46. The summed E-state index contributed by atoms with van der Waals surface area (Å²) in [6.45, 7) is 15.7. The van der Waals surface area contributed by atoms with Crippen LogP contribution in [-0.2, 0) is 0 Å². The third-order valence-electron chi connectivity index (χ3n) is 2.43. The molecule has 0 saturated carbocycles. The van der Waals surface area contributed by atoms with Crippen molar-refractivity contribution < 1.29 is 5.11 Å². The van der Waals surface area contributed by atoms with Crippen molar-refractivity contribution in [2.75, 3.05) is 12.3 Å². The van der Waals surface area contributed by atoms with Gasteiger partial charge < -0.3 is 10.4 Å². The molecular weight excluding hydrogens is 218 g/mol. The lowest BCUT2D eigenvalue weighted by Gasteiger charge is -2.28. The van der Waals surface area contributed by atoms with Gasteiger partial charge in [-0.05, 0) is 12.3 Å². The second kappa shape index (κ2) is 6.27. The van der Waals surface area contributed by atoms with E-state index in [1.54, 1.807) is 0 Å². The van der Waals surface area contributed by atoms with Crippen LogP contribution >= 0.6 is 11.8 Å². The molecular formula is C13H29NOS. The smallest absolute Gasteiger partial charge is 0.0712 e. The molecule has 0 aliphatic heterocycles. The third-order valence-corrected chi connectivity index (χ3v) is 3.96. The molecule has 0 aliphatic carbocycles. The molecule has 0 heterocycles. The van der Waals surface area contributed by atoms with Crippen molar-refractivity contribution in [3.05, 3.63) is 0 Å². The Morgan fingerprint density at radius 1 is 1.12 bits per heavy atom. The molecule has 0 spiro atoms. The van der Waals surface area contributed by atoms with E-state index in [1.807, 2.05) is 11.8 Å². The summed E-state index contributed by atoms with van der Waals surface area (Å²) in [6, 6.07) is 0.446. The molecule has 0 aromatic rings. The Morgan fingerprint density at radius 3 is 2.00 bits per heavy atom. The zero-order valence-electron chi connectivity index (χ0n) is 11.9. The average molecular weight is 247 g/mol. The molecule has 0 aliphatic rings. The van der Waals surface area contributed by atoms with E-state index in [4.69, 9.17) is 0 Å². The molecule has 0 rings (SSSR count). The fraction of sp³-hybridized carbons (Fsp3) is 1.00. The standard InChI is InChI=1S/C13H29NOS/c1-10(9-16-13(5,6)7)14-8-11(15)12(2,3)4/h10-11,14-15H,8-9H2,1-7H3. The average Bonchev–Trinajstić information content (AvgIpc) is 2.08. The van der Waals surface area contributed by atoms with Gasteiger partial charge >= 0.3 is 0 Å². The van der Waals surface area contributed by atoms with Gasteiger partial charge in [0.05, 0.1) is 6.10 Å². The van der Waals surface area contributed by atoms with Gasteiger partial charge in [0.15, 0.2) is 0 Å². The van der Waals surface area contributed by atoms with Crippen molar-refractivity contribution in [3.8, 4) is 0 Å². The van der Waals surface area contributed by atoms with Gasteiger partial charge in [-0.15, -0.1) is 0 Å². The lowest BCUT2D eigenvalue weighted by molar-refractivity contribution is 0.0615. The van der Waals surface area contributed by atoms with E-state index in [9.17, 15) is 5.11 Å². The fourth-order valence-electron chi connectivity index (χ4n) is 1.05. The van der Waals surface area contributed by atoms with Crippen LogP contribution in [0.2, 0.25) is 0 Å². The molecule has 3 heteroatoms. The molecule has 0 fully saturated rings. The van der Waals surface area contributed by atoms with Gasteiger partial charge in [-0.3, -0.25) is 0 Å². The van der Waals surface area contributed by atoms with Crippen molar-refractivity contribution in [2.24, 2.45) is 5.41 Å². The van der Waals surface area contributed by atoms with Crippen molar-refractivity contribution >= 4 is 11.8 Å². The minimum atomic E-state index is -0.283. The first-order chi connectivity index (χ1) is 7.02. The maximum absolute atomic E-state index is 9.89. The molecule has 2 unspecified atom stereocenters. The third kappa shape index (κ3) is 8.43. The normalized spacial score (nSPS) is 17.2. The van der Waals surface area contributed by atoms with E-state index in [-0.39, 0.29) is 11.5 Å². The number of rotatable bonds is 5. The van der Waals surface area contributed by atoms with Crippen LogP contribution in [0.25, 0.3) is 0 Å². The molecule has 0 aromatic carbocycles. The Bertz CT molecular complexity index is 193. The minimum Gasteiger partial charge on any atom is -0.391 e. The Kier molecular flexibility index (Phi) is 6.38. The maximum Gasteiger partial charge on any atom is 0.0712 e. The van der Waals surface area contributed by atoms with Crippen LogP contribution in [0.15, 0.2) is 0 Å². The van der Waals surface area contributed by atoms with Crippen LogP contribution in [0, 0.1) is 5.41 Å². The second-order valence-electron chi connectivity index (χ2n) is 6.61. The molecule has 0 aromatic heterocycles. The summed E-state index contributed by atoms with van der Waals surface area (Å²) in [6.07, 6.45) is -0.283. The summed E-state index contributed by atoms with van der Waals surface area (Å²) < 4.78 is 0.318. The Balaban J connectivity index is 3.78. The van der Waals surface area contributed by atoms with E-state index in [1.165, 1.54) is 0 Å². The van der Waals surface area contributed by atoms with E-state index in [2.05, 4.69) is 53.8 Å². The van der Waals surface area contributed by atoms with Gasteiger partial charge in [0.1, 0.15) is 0 Å². The highest BCUT2D eigenvalue weighted by Crippen LogP contribution is 2.24. The number of aliphatic hydroxyl groups excluding tert-OH is 1. The van der Waals surface area contributed by atoms with Crippen LogP contribution < -0.4 is 5.32 Å². The molecule has 0 bridgehead atoms. The predicted octanol–water partition coefficient (Wildman–Crippen LogP) is 2.90. The highest BCUT2D eigenvalue weighted by atomic mass is 32.2. The number of nitrogens with one attached hydrogen (secondary N) is 1. The zero-order valence-corrected chi connectivity index (χ0v) is 12.7. The summed E-state index contributed by atoms with van der Waals surface area (Å²) in [5.41, 5.74) is -0.0378. The highest BCUT2D eigenvalue weighted by Gasteiger charge is 2.22. The molecule has 98 valence electrons. The van der Waals surface area contributed by atoms with Crippen molar-refractivity contribution in [3.63, 3.8) is 0 Å². The summed E-state index contributed by atoms with van der Waals surface area (Å²) >= 11 is 1.96. The van der Waals surface area contributed by atoms with Crippen LogP contribution in [0.3, 0.4) is 0 Å². The quantitative estimate of drug-likeness (QED) is 0.783. The summed E-state index contributed by atoms with van der Waals surface area (Å²) in [4.78, 5) is 0. The van der Waals surface area contributed by atoms with Gasteiger partial charge in [0.2, 0.25) is 0 Å².